The van der Waals surface area contributed by atoms with E-state index in [2.05, 4.69) is 15.3 Å². The number of benzene rings is 2. The Labute approximate surface area is 187 Å². The molecule has 2 aromatic heterocycles. The summed E-state index contributed by atoms with van der Waals surface area (Å²) >= 11 is 1.12. The second-order valence-electron chi connectivity index (χ2n) is 7.06. The van der Waals surface area contributed by atoms with E-state index in [1.807, 2.05) is 36.5 Å². The number of amides is 1. The number of para-hydroxylation sites is 1. The molecule has 0 atom stereocenters. The second kappa shape index (κ2) is 9.02. The van der Waals surface area contributed by atoms with E-state index < -0.39 is 4.92 Å². The lowest BCUT2D eigenvalue weighted by atomic mass is 10.1. The number of hydrogen-bond acceptors (Lipinski definition) is 7. The molecule has 0 unspecified atom stereocenters. The van der Waals surface area contributed by atoms with Crippen LogP contribution in [0, 0.1) is 10.1 Å². The normalized spacial score (nSPS) is 10.8. The first-order chi connectivity index (χ1) is 15.4. The van der Waals surface area contributed by atoms with Crippen molar-refractivity contribution in [3.63, 3.8) is 0 Å². The maximum absolute atomic E-state index is 12.9. The van der Waals surface area contributed by atoms with Crippen molar-refractivity contribution in [2.45, 2.75) is 16.6 Å². The van der Waals surface area contributed by atoms with Gasteiger partial charge in [-0.15, -0.1) is 10.2 Å². The first-order valence-corrected chi connectivity index (χ1v) is 10.4. The van der Waals surface area contributed by atoms with Gasteiger partial charge in [0.25, 0.3) is 11.6 Å². The van der Waals surface area contributed by atoms with Crippen LogP contribution in [0.5, 0.6) is 0 Å². The van der Waals surface area contributed by atoms with Crippen molar-refractivity contribution in [2.24, 2.45) is 7.05 Å². The zero-order valence-electron chi connectivity index (χ0n) is 17.3. The third-order valence-corrected chi connectivity index (χ3v) is 5.81. The fourth-order valence-electron chi connectivity index (χ4n) is 3.07. The summed E-state index contributed by atoms with van der Waals surface area (Å²) in [6, 6.07) is 14.1. The Kier molecular flexibility index (Phi) is 5.99. The molecule has 162 valence electrons. The summed E-state index contributed by atoms with van der Waals surface area (Å²) in [4.78, 5) is 25.9. The van der Waals surface area contributed by atoms with Gasteiger partial charge < -0.3 is 9.47 Å². The second-order valence-corrected chi connectivity index (χ2v) is 8.07. The number of carbonyl (C=O) groups is 1. The van der Waals surface area contributed by atoms with Crippen LogP contribution in [-0.2, 0) is 13.6 Å². The molecule has 0 bridgehead atoms. The molecule has 0 aliphatic heterocycles. The quantitative estimate of drug-likeness (QED) is 0.314. The zero-order chi connectivity index (χ0) is 22.7. The van der Waals surface area contributed by atoms with Crippen LogP contribution in [0.3, 0.4) is 0 Å². The van der Waals surface area contributed by atoms with Gasteiger partial charge in [-0.3, -0.25) is 14.9 Å². The summed E-state index contributed by atoms with van der Waals surface area (Å²) in [6.07, 6.45) is 5.06. The van der Waals surface area contributed by atoms with Gasteiger partial charge in [0.1, 0.15) is 6.33 Å². The molecule has 2 aromatic carbocycles. The van der Waals surface area contributed by atoms with E-state index in [1.165, 1.54) is 17.3 Å². The molecular formula is C21H19N7O3S. The lowest BCUT2D eigenvalue weighted by Gasteiger charge is -2.16. The van der Waals surface area contributed by atoms with Crippen molar-refractivity contribution < 1.29 is 9.72 Å². The van der Waals surface area contributed by atoms with Crippen LogP contribution in [0.2, 0.25) is 0 Å². The lowest BCUT2D eigenvalue weighted by Crippen LogP contribution is -2.26. The molecule has 0 N–H and O–H groups in total. The van der Waals surface area contributed by atoms with Crippen LogP contribution < -0.4 is 0 Å². The van der Waals surface area contributed by atoms with Gasteiger partial charge in [-0.05, 0) is 36.0 Å². The highest BCUT2D eigenvalue weighted by Crippen LogP contribution is 2.34. The predicted molar refractivity (Wildman–Crippen MR) is 118 cm³/mol. The van der Waals surface area contributed by atoms with Crippen molar-refractivity contribution in [3.05, 3.63) is 88.5 Å². The van der Waals surface area contributed by atoms with E-state index in [9.17, 15) is 14.9 Å². The van der Waals surface area contributed by atoms with Crippen LogP contribution in [0.25, 0.3) is 5.69 Å². The molecule has 0 saturated carbocycles. The molecule has 2 heterocycles. The average molecular weight is 449 g/mol. The number of nitro benzene ring substituents is 1. The number of nitro groups is 1. The van der Waals surface area contributed by atoms with E-state index in [-0.39, 0.29) is 17.2 Å². The fourth-order valence-corrected chi connectivity index (χ4v) is 3.92. The number of nitrogens with zero attached hydrogens (tertiary/aromatic N) is 7. The van der Waals surface area contributed by atoms with E-state index in [4.69, 9.17) is 0 Å². The highest BCUT2D eigenvalue weighted by atomic mass is 32.2. The Morgan fingerprint density at radius 1 is 1.22 bits per heavy atom. The molecule has 11 heteroatoms. The van der Waals surface area contributed by atoms with Crippen molar-refractivity contribution in [2.75, 3.05) is 7.05 Å². The Balaban J connectivity index is 1.51. The minimum atomic E-state index is -0.501. The Morgan fingerprint density at radius 3 is 2.69 bits per heavy atom. The molecule has 10 nitrogen and oxygen atoms in total. The predicted octanol–water partition coefficient (Wildman–Crippen LogP) is 3.33. The minimum Gasteiger partial charge on any atom is -0.337 e. The first-order valence-electron chi connectivity index (χ1n) is 9.57. The van der Waals surface area contributed by atoms with Crippen molar-refractivity contribution in [1.29, 1.82) is 0 Å². The summed E-state index contributed by atoms with van der Waals surface area (Å²) < 4.78 is 3.40. The maximum atomic E-state index is 12.9. The van der Waals surface area contributed by atoms with Crippen LogP contribution in [0.1, 0.15) is 15.9 Å². The Morgan fingerprint density at radius 2 is 2.00 bits per heavy atom. The SMILES string of the molecule is CN(Cc1cnn(-c2ccccc2)c1)C(=O)c1ccc(Sc2nncn2C)c([N+](=O)[O-])c1. The average Bonchev–Trinajstić information content (AvgIpc) is 3.43. The molecule has 1 amide bonds. The minimum absolute atomic E-state index is 0.158. The molecule has 0 aliphatic rings. The molecular weight excluding hydrogens is 430 g/mol. The van der Waals surface area contributed by atoms with Gasteiger partial charge in [0.15, 0.2) is 5.16 Å². The third-order valence-electron chi connectivity index (χ3n) is 4.70. The van der Waals surface area contributed by atoms with Crippen LogP contribution in [0.15, 0.2) is 77.3 Å². The Hall–Kier alpha value is -3.99. The largest absolute Gasteiger partial charge is 0.337 e. The first kappa shape index (κ1) is 21.2. The van der Waals surface area contributed by atoms with Gasteiger partial charge in [0.2, 0.25) is 0 Å². The highest BCUT2D eigenvalue weighted by molar-refractivity contribution is 7.99. The van der Waals surface area contributed by atoms with Gasteiger partial charge in [0, 0.05) is 44.0 Å². The monoisotopic (exact) mass is 449 g/mol. The summed E-state index contributed by atoms with van der Waals surface area (Å²) in [5, 5.41) is 24.2. The number of aromatic nitrogens is 5. The molecule has 0 aliphatic carbocycles. The molecule has 0 radical (unpaired) electrons. The molecule has 4 aromatic rings. The van der Waals surface area contributed by atoms with Crippen molar-refractivity contribution in [1.82, 2.24) is 29.4 Å². The molecule has 4 rings (SSSR count). The maximum Gasteiger partial charge on any atom is 0.284 e. The molecule has 0 saturated heterocycles. The topological polar surface area (TPSA) is 112 Å². The molecule has 32 heavy (non-hydrogen) atoms. The summed E-state index contributed by atoms with van der Waals surface area (Å²) in [6.45, 7) is 0.314. The number of rotatable bonds is 7. The lowest BCUT2D eigenvalue weighted by molar-refractivity contribution is -0.387. The van der Waals surface area contributed by atoms with Gasteiger partial charge in [-0.25, -0.2) is 4.68 Å². The van der Waals surface area contributed by atoms with E-state index in [1.54, 1.807) is 41.7 Å². The number of aryl methyl sites for hydroxylation is 1. The fraction of sp³-hybridized carbons (Fsp3) is 0.143. The number of hydrogen-bond donors (Lipinski definition) is 0. The van der Waals surface area contributed by atoms with E-state index >= 15 is 0 Å². The smallest absolute Gasteiger partial charge is 0.284 e. The van der Waals surface area contributed by atoms with E-state index in [0.29, 0.717) is 16.6 Å². The summed E-state index contributed by atoms with van der Waals surface area (Å²) in [7, 11) is 3.40. The third kappa shape index (κ3) is 4.52. The van der Waals surface area contributed by atoms with Crippen molar-refractivity contribution in [3.8, 4) is 5.69 Å². The van der Waals surface area contributed by atoms with Crippen LogP contribution in [0.4, 0.5) is 5.69 Å². The molecule has 0 fully saturated rings. The zero-order valence-corrected chi connectivity index (χ0v) is 18.1. The van der Waals surface area contributed by atoms with Gasteiger partial charge >= 0.3 is 0 Å². The van der Waals surface area contributed by atoms with Crippen LogP contribution >= 0.6 is 11.8 Å². The van der Waals surface area contributed by atoms with Gasteiger partial charge in [-0.1, -0.05) is 18.2 Å². The summed E-state index contributed by atoms with van der Waals surface area (Å²) in [5.74, 6) is -0.323. The highest BCUT2D eigenvalue weighted by Gasteiger charge is 2.22. The standard InChI is InChI=1S/C21H19N7O3S/c1-25(12-15-11-23-27(13-15)17-6-4-3-5-7-17)20(29)16-8-9-19(18(10-16)28(30)31)32-21-24-22-14-26(21)2/h3-11,13-14H,12H2,1-2H3. The van der Waals surface area contributed by atoms with Crippen LogP contribution in [-0.4, -0.2) is 47.3 Å². The van der Waals surface area contributed by atoms with Crippen molar-refractivity contribution >= 4 is 23.4 Å². The van der Waals surface area contributed by atoms with Gasteiger partial charge in [-0.2, -0.15) is 5.10 Å². The van der Waals surface area contributed by atoms with Gasteiger partial charge in [0.05, 0.1) is 21.7 Å². The molecule has 0 spiro atoms. The summed E-state index contributed by atoms with van der Waals surface area (Å²) in [5.41, 5.74) is 1.83. The van der Waals surface area contributed by atoms with E-state index in [0.717, 1.165) is 23.0 Å². The Bertz CT molecular complexity index is 1270. The number of carbonyl (C=O) groups excluding carboxylic acids is 1.